The Labute approximate surface area is 516 Å². The Balaban J connectivity index is 1.12. The van der Waals surface area contributed by atoms with Gasteiger partial charge in [-0.15, -0.1) is 0 Å². The number of nitrogens with zero attached hydrogens (tertiary/aromatic N) is 3. The molecule has 8 rings (SSSR count). The molecule has 4 aromatic rings. The molecule has 16 atom stereocenters. The number of aliphatic hydroxyl groups excluding tert-OH is 7. The standard InChI is InChI=1S/C64H84N8O17/c1-7-8-9-28-88-46-24-20-40(21-25-46)38-12-10-37(11-13-38)39-14-16-42(17-15-39)57(81)65-47-30-49(77)62(89-33-43-26-27-72(43,5)6)69-61(85)53-54(78)34(2)31-71(53)64(87)51(36(4)74)67-60(84)52(56(80)55(79)41-18-22-44(75)23-19-41)68-59(83)48-29-45(76)32-70(48)63(86)50(35(3)73)66-58(47)82/h10-25,34-36,43,45,47-56,62,73-74,76-80H,7-9,26-33H2,1-6H3,(H5-,65,66,67,68,69,75,81,82,83,84,85)/p+1/t34-,35+,36+,43-,45+,47-,48-,49+,50-,51-,52-,53-,54-,55-,56-,62+/m0/s1. The predicted octanol–water partition coefficient (Wildman–Crippen LogP) is -0.0541. The van der Waals surface area contributed by atoms with Crippen LogP contribution in [0.4, 0.5) is 0 Å². The van der Waals surface area contributed by atoms with Crippen LogP contribution in [0, 0.1) is 5.92 Å². The van der Waals surface area contributed by atoms with Crippen LogP contribution in [0.25, 0.3) is 22.3 Å². The molecule has 25 nitrogen and oxygen atoms in total. The molecule has 13 N–H and O–H groups in total. The van der Waals surface area contributed by atoms with Crippen molar-refractivity contribution >= 4 is 41.4 Å². The van der Waals surface area contributed by atoms with E-state index in [1.54, 1.807) is 12.1 Å². The van der Waals surface area contributed by atoms with Crippen molar-refractivity contribution in [3.63, 3.8) is 0 Å². The number of aromatic hydroxyl groups is 1. The van der Waals surface area contributed by atoms with E-state index in [0.717, 1.165) is 77.5 Å². The third-order valence-electron chi connectivity index (χ3n) is 17.5. The summed E-state index contributed by atoms with van der Waals surface area (Å²) in [5, 5.41) is 103. The van der Waals surface area contributed by atoms with Crippen molar-refractivity contribution < 1.29 is 88.4 Å². The van der Waals surface area contributed by atoms with E-state index in [9.17, 15) is 74.4 Å². The molecule has 4 aliphatic heterocycles. The third-order valence-corrected chi connectivity index (χ3v) is 17.5. The van der Waals surface area contributed by atoms with E-state index in [4.69, 9.17) is 9.47 Å². The third kappa shape index (κ3) is 16.1. The van der Waals surface area contributed by atoms with E-state index < -0.39 is 152 Å². The summed E-state index contributed by atoms with van der Waals surface area (Å²) >= 11 is 0. The topological polar surface area (TPSA) is 366 Å². The van der Waals surface area contributed by atoms with Crippen LogP contribution >= 0.6 is 0 Å². The van der Waals surface area contributed by atoms with Crippen LogP contribution in [-0.4, -0.2) is 229 Å². The summed E-state index contributed by atoms with van der Waals surface area (Å²) in [5.41, 5.74) is 3.50. The second kappa shape index (κ2) is 29.4. The van der Waals surface area contributed by atoms with Crippen molar-refractivity contribution in [1.82, 2.24) is 36.4 Å². The zero-order valence-corrected chi connectivity index (χ0v) is 50.8. The van der Waals surface area contributed by atoms with Crippen LogP contribution in [0.3, 0.4) is 0 Å². The number of likely N-dealkylation sites (N-methyl/N-ethyl adjacent to an activating group) is 1. The smallest absolute Gasteiger partial charge is 0.251 e. The summed E-state index contributed by atoms with van der Waals surface area (Å²) in [6.45, 7) is 6.39. The van der Waals surface area contributed by atoms with Gasteiger partial charge in [-0.25, -0.2) is 0 Å². The van der Waals surface area contributed by atoms with Gasteiger partial charge in [-0.2, -0.15) is 0 Å². The number of ether oxygens (including phenoxy) is 2. The summed E-state index contributed by atoms with van der Waals surface area (Å²) in [7, 11) is 3.89. The Hall–Kier alpha value is -7.59. The van der Waals surface area contributed by atoms with Gasteiger partial charge in [0.05, 0.1) is 58.1 Å². The number of phenols is 1. The van der Waals surface area contributed by atoms with E-state index in [0.29, 0.717) is 17.5 Å². The lowest BCUT2D eigenvalue weighted by molar-refractivity contribution is -0.955. The molecule has 4 aromatic carbocycles. The Bertz CT molecular complexity index is 3110. The zero-order valence-electron chi connectivity index (χ0n) is 50.8. The first kappa shape index (κ1) is 67.3. The molecule has 0 spiro atoms. The van der Waals surface area contributed by atoms with E-state index in [1.807, 2.05) is 62.6 Å². The maximum absolute atomic E-state index is 14.9. The second-order valence-corrected chi connectivity index (χ2v) is 24.5. The molecule has 89 heavy (non-hydrogen) atoms. The Morgan fingerprint density at radius 1 is 0.674 bits per heavy atom. The van der Waals surface area contributed by atoms with Crippen molar-refractivity contribution in [3.05, 3.63) is 108 Å². The van der Waals surface area contributed by atoms with Gasteiger partial charge >= 0.3 is 0 Å². The molecule has 0 aromatic heterocycles. The number of amides is 7. The number of hydrogen-bond acceptors (Lipinski definition) is 17. The van der Waals surface area contributed by atoms with Gasteiger partial charge in [-0.1, -0.05) is 87.4 Å². The normalized spacial score (nSPS) is 28.5. The molecule has 4 aliphatic rings. The van der Waals surface area contributed by atoms with E-state index in [1.165, 1.54) is 43.3 Å². The number of unbranched alkanes of at least 4 members (excludes halogenated alkanes) is 2. The van der Waals surface area contributed by atoms with Crippen LogP contribution in [0.15, 0.2) is 97.1 Å². The number of carbonyl (C=O) groups excluding carboxylic acids is 7. The van der Waals surface area contributed by atoms with Crippen molar-refractivity contribution in [2.24, 2.45) is 5.92 Å². The van der Waals surface area contributed by atoms with Crippen LogP contribution in [-0.2, 0) is 33.5 Å². The quantitative estimate of drug-likeness (QED) is 0.0487. The van der Waals surface area contributed by atoms with E-state index >= 15 is 0 Å². The van der Waals surface area contributed by atoms with Gasteiger partial charge in [0.25, 0.3) is 5.91 Å². The van der Waals surface area contributed by atoms with Crippen molar-refractivity contribution in [2.45, 2.75) is 157 Å². The lowest BCUT2D eigenvalue weighted by Crippen LogP contribution is -2.64. The van der Waals surface area contributed by atoms with Crippen LogP contribution in [0.2, 0.25) is 0 Å². The number of hydrogen-bond donors (Lipinski definition) is 13. The fraction of sp³-hybridized carbons (Fsp3) is 0.516. The van der Waals surface area contributed by atoms with Gasteiger partial charge in [0.15, 0.2) is 6.23 Å². The van der Waals surface area contributed by atoms with E-state index in [2.05, 4.69) is 33.5 Å². The number of likely N-dealkylation sites (tertiary alicyclic amines) is 1. The fourth-order valence-electron chi connectivity index (χ4n) is 11.7. The van der Waals surface area contributed by atoms with Crippen molar-refractivity contribution in [1.29, 1.82) is 0 Å². The minimum Gasteiger partial charge on any atom is -0.508 e. The molecule has 0 radical (unpaired) electrons. The lowest BCUT2D eigenvalue weighted by Gasteiger charge is -2.47. The van der Waals surface area contributed by atoms with Crippen molar-refractivity contribution in [3.8, 4) is 33.8 Å². The average molecular weight is 1240 g/mol. The zero-order chi connectivity index (χ0) is 64.6. The highest BCUT2D eigenvalue weighted by Crippen LogP contribution is 2.31. The van der Waals surface area contributed by atoms with Gasteiger partial charge in [-0.3, -0.25) is 33.6 Å². The number of quaternary nitrogens is 1. The fourth-order valence-corrected chi connectivity index (χ4v) is 11.7. The van der Waals surface area contributed by atoms with Gasteiger partial charge in [-0.05, 0) is 84.5 Å². The summed E-state index contributed by atoms with van der Waals surface area (Å²) in [6.07, 6.45) is -11.9. The summed E-state index contributed by atoms with van der Waals surface area (Å²) < 4.78 is 12.6. The largest absolute Gasteiger partial charge is 0.508 e. The number of nitrogens with one attached hydrogen (secondary N) is 5. The second-order valence-electron chi connectivity index (χ2n) is 24.5. The number of benzene rings is 4. The summed E-state index contributed by atoms with van der Waals surface area (Å²) in [6, 6.07) is 15.2. The van der Waals surface area contributed by atoms with Crippen LogP contribution in [0.1, 0.15) is 88.2 Å². The molecule has 7 amide bonds. The molecule has 0 bridgehead atoms. The predicted molar refractivity (Wildman–Crippen MR) is 322 cm³/mol. The molecule has 0 unspecified atom stereocenters. The first-order chi connectivity index (χ1) is 42.3. The Morgan fingerprint density at radius 3 is 1.78 bits per heavy atom. The highest BCUT2D eigenvalue weighted by atomic mass is 16.5. The number of fused-ring (bicyclic) bond motifs is 2. The van der Waals surface area contributed by atoms with Gasteiger partial charge in [0.1, 0.15) is 78.7 Å². The van der Waals surface area contributed by atoms with Gasteiger partial charge in [0.2, 0.25) is 35.4 Å². The molecule has 482 valence electrons. The molecular formula is C64H85N8O17+. The van der Waals surface area contributed by atoms with E-state index in [-0.39, 0.29) is 36.1 Å². The highest BCUT2D eigenvalue weighted by molar-refractivity contribution is 6.00. The molecule has 4 heterocycles. The van der Waals surface area contributed by atoms with Gasteiger partial charge in [0, 0.05) is 37.4 Å². The number of carbonyl (C=O) groups is 7. The number of aliphatic hydroxyl groups is 7. The highest BCUT2D eigenvalue weighted by Gasteiger charge is 2.51. The molecule has 0 aliphatic carbocycles. The molecular weight excluding hydrogens is 1150 g/mol. The number of phenolic OH excluding ortho intramolecular Hbond substituents is 1. The van der Waals surface area contributed by atoms with Crippen LogP contribution in [0.5, 0.6) is 11.5 Å². The minimum absolute atomic E-state index is 0.0535. The molecule has 0 saturated carbocycles. The average Bonchev–Trinajstić information content (AvgIpc) is 2.06. The molecule has 4 saturated heterocycles. The van der Waals surface area contributed by atoms with Crippen molar-refractivity contribution in [2.75, 3.05) is 46.9 Å². The minimum atomic E-state index is -2.28. The maximum atomic E-state index is 14.9. The first-order valence-corrected chi connectivity index (χ1v) is 30.3. The summed E-state index contributed by atoms with van der Waals surface area (Å²) in [5.74, 6) is -8.18. The summed E-state index contributed by atoms with van der Waals surface area (Å²) in [4.78, 5) is 104. The Morgan fingerprint density at radius 2 is 1.22 bits per heavy atom. The number of rotatable bonds is 17. The maximum Gasteiger partial charge on any atom is 0.251 e. The Kier molecular flexibility index (Phi) is 22.2. The van der Waals surface area contributed by atoms with Gasteiger partial charge < -0.3 is 91.2 Å². The SMILES string of the molecule is CCCCCOc1ccc(-c2ccc(-c3ccc(C(=O)N[C@H]4C[C@@H](O)[C@@H](OC[C@@H]5CC[N+]5(C)C)NC(=O)[C@@H]5[C@@H](O)[C@@H](C)CN5C(=O)[C@H]([C@@H](C)O)NC(=O)[C@H]([C@H](O)[C@@H](O)c5ccc(O)cc5)NC(=O)[C@@H]5C[C@@H](O)CN5C(=O)[C@H]([C@@H](C)O)NC4=O)cc3)cc2)cc1. The van der Waals surface area contributed by atoms with Crippen LogP contribution < -0.4 is 31.3 Å². The molecule has 4 fully saturated rings. The first-order valence-electron chi connectivity index (χ1n) is 30.3. The lowest BCUT2D eigenvalue weighted by atomic mass is 9.96. The molecule has 25 heteroatoms. The monoisotopic (exact) mass is 1240 g/mol.